The summed E-state index contributed by atoms with van der Waals surface area (Å²) >= 11 is 0. The molecule has 5 nitrogen and oxygen atoms in total. The summed E-state index contributed by atoms with van der Waals surface area (Å²) in [6.45, 7) is 1.39. The molecule has 0 aliphatic carbocycles. The first-order chi connectivity index (χ1) is 9.92. The van der Waals surface area contributed by atoms with Gasteiger partial charge in [-0.1, -0.05) is 59.8 Å². The number of hydrogen-bond acceptors (Lipinski definition) is 4. The number of nitrogens with zero attached hydrogens (tertiary/aromatic N) is 3. The van der Waals surface area contributed by atoms with E-state index in [1.807, 2.05) is 6.07 Å². The van der Waals surface area contributed by atoms with Gasteiger partial charge in [-0.15, -0.1) is 10.2 Å². The van der Waals surface area contributed by atoms with E-state index >= 15 is 0 Å². The Morgan fingerprint density at radius 3 is 2.30 bits per heavy atom. The van der Waals surface area contributed by atoms with E-state index in [2.05, 4.69) is 74.5 Å². The molecule has 0 aliphatic heterocycles. The molecule has 0 amide bonds. The first-order valence-corrected chi connectivity index (χ1v) is 6.49. The Labute approximate surface area is 117 Å². The molecule has 0 saturated heterocycles. The number of nitrogens with one attached hydrogen (secondary N) is 2. The number of rotatable bonds is 5. The van der Waals surface area contributed by atoms with Crippen LogP contribution in [-0.2, 0) is 13.1 Å². The van der Waals surface area contributed by atoms with Gasteiger partial charge in [-0.2, -0.15) is 5.21 Å². The molecule has 0 atom stereocenters. The van der Waals surface area contributed by atoms with Gasteiger partial charge in [0, 0.05) is 6.54 Å². The van der Waals surface area contributed by atoms with Crippen molar-refractivity contribution in [1.29, 1.82) is 0 Å². The summed E-state index contributed by atoms with van der Waals surface area (Å²) in [7, 11) is 0. The van der Waals surface area contributed by atoms with Crippen molar-refractivity contribution >= 4 is 0 Å². The molecule has 0 aliphatic rings. The van der Waals surface area contributed by atoms with Crippen LogP contribution in [0.15, 0.2) is 54.6 Å². The molecule has 3 aromatic rings. The fourth-order valence-electron chi connectivity index (χ4n) is 2.02. The molecule has 20 heavy (non-hydrogen) atoms. The van der Waals surface area contributed by atoms with E-state index in [1.165, 1.54) is 16.7 Å². The van der Waals surface area contributed by atoms with Crippen molar-refractivity contribution < 1.29 is 0 Å². The Bertz CT molecular complexity index is 632. The lowest BCUT2D eigenvalue weighted by molar-refractivity contribution is 0.663. The summed E-state index contributed by atoms with van der Waals surface area (Å²) in [6, 6.07) is 18.9. The minimum atomic E-state index is 0.608. The topological polar surface area (TPSA) is 66.5 Å². The summed E-state index contributed by atoms with van der Waals surface area (Å²) in [4.78, 5) is 0. The molecule has 2 N–H and O–H groups in total. The van der Waals surface area contributed by atoms with Crippen LogP contribution in [-0.4, -0.2) is 20.6 Å². The second kappa shape index (κ2) is 6.08. The molecule has 0 saturated carbocycles. The second-order valence-corrected chi connectivity index (χ2v) is 4.49. The van der Waals surface area contributed by atoms with Crippen molar-refractivity contribution in [1.82, 2.24) is 25.9 Å². The lowest BCUT2D eigenvalue weighted by Gasteiger charge is -2.05. The van der Waals surface area contributed by atoms with Gasteiger partial charge in [0.05, 0.1) is 6.54 Å². The van der Waals surface area contributed by atoms with E-state index in [9.17, 15) is 0 Å². The van der Waals surface area contributed by atoms with Crippen molar-refractivity contribution in [3.8, 4) is 11.1 Å². The zero-order chi connectivity index (χ0) is 13.6. The zero-order valence-electron chi connectivity index (χ0n) is 11.0. The molecule has 3 rings (SSSR count). The van der Waals surface area contributed by atoms with Gasteiger partial charge in [-0.05, 0) is 16.7 Å². The van der Waals surface area contributed by atoms with Crippen LogP contribution in [0, 0.1) is 0 Å². The van der Waals surface area contributed by atoms with Crippen molar-refractivity contribution in [3.05, 3.63) is 66.0 Å². The Balaban J connectivity index is 1.59. The Morgan fingerprint density at radius 1 is 0.850 bits per heavy atom. The van der Waals surface area contributed by atoms with Crippen molar-refractivity contribution in [3.63, 3.8) is 0 Å². The van der Waals surface area contributed by atoms with Crippen molar-refractivity contribution in [2.24, 2.45) is 0 Å². The van der Waals surface area contributed by atoms with Crippen LogP contribution >= 0.6 is 0 Å². The Kier molecular flexibility index (Phi) is 3.80. The molecule has 0 fully saturated rings. The number of tetrazole rings is 1. The van der Waals surface area contributed by atoms with Gasteiger partial charge in [0.25, 0.3) is 0 Å². The van der Waals surface area contributed by atoms with Gasteiger partial charge in [0.2, 0.25) is 0 Å². The molecule has 100 valence electrons. The molecule has 2 aromatic carbocycles. The van der Waals surface area contributed by atoms with Crippen LogP contribution < -0.4 is 5.32 Å². The highest BCUT2D eigenvalue weighted by Crippen LogP contribution is 2.19. The predicted molar refractivity (Wildman–Crippen MR) is 76.6 cm³/mol. The molecule has 0 spiro atoms. The zero-order valence-corrected chi connectivity index (χ0v) is 11.0. The van der Waals surface area contributed by atoms with E-state index < -0.39 is 0 Å². The highest BCUT2D eigenvalue weighted by molar-refractivity contribution is 5.63. The summed E-state index contributed by atoms with van der Waals surface area (Å²) in [6.07, 6.45) is 0. The first-order valence-electron chi connectivity index (χ1n) is 6.49. The maximum absolute atomic E-state index is 3.89. The number of aromatic nitrogens is 4. The smallest absolute Gasteiger partial charge is 0.188 e. The van der Waals surface area contributed by atoms with Crippen LogP contribution in [0.3, 0.4) is 0 Å². The van der Waals surface area contributed by atoms with E-state index in [0.717, 1.165) is 6.54 Å². The van der Waals surface area contributed by atoms with E-state index in [-0.39, 0.29) is 0 Å². The first kappa shape index (κ1) is 12.5. The average molecular weight is 265 g/mol. The third kappa shape index (κ3) is 3.07. The van der Waals surface area contributed by atoms with Crippen LogP contribution in [0.5, 0.6) is 0 Å². The maximum Gasteiger partial charge on any atom is 0.188 e. The fraction of sp³-hybridized carbons (Fsp3) is 0.133. The average Bonchev–Trinajstić information content (AvgIpc) is 3.02. The largest absolute Gasteiger partial charge is 0.306 e. The fourth-order valence-corrected chi connectivity index (χ4v) is 2.02. The molecule has 5 heteroatoms. The Hall–Kier alpha value is -2.53. The van der Waals surface area contributed by atoms with Gasteiger partial charge in [0.1, 0.15) is 0 Å². The normalized spacial score (nSPS) is 10.6. The lowest BCUT2D eigenvalue weighted by atomic mass is 10.0. The minimum absolute atomic E-state index is 0.608. The lowest BCUT2D eigenvalue weighted by Crippen LogP contribution is -2.13. The highest BCUT2D eigenvalue weighted by atomic mass is 15.5. The summed E-state index contributed by atoms with van der Waals surface area (Å²) in [5.41, 5.74) is 3.69. The van der Waals surface area contributed by atoms with Crippen LogP contribution in [0.25, 0.3) is 11.1 Å². The van der Waals surface area contributed by atoms with Gasteiger partial charge in [-0.3, -0.25) is 0 Å². The van der Waals surface area contributed by atoms with E-state index in [4.69, 9.17) is 0 Å². The third-order valence-electron chi connectivity index (χ3n) is 3.06. The number of aromatic amines is 1. The van der Waals surface area contributed by atoms with Gasteiger partial charge < -0.3 is 5.32 Å². The van der Waals surface area contributed by atoms with Gasteiger partial charge >= 0.3 is 0 Å². The summed E-state index contributed by atoms with van der Waals surface area (Å²) in [5, 5.41) is 17.0. The number of benzene rings is 2. The molecule has 1 aromatic heterocycles. The van der Waals surface area contributed by atoms with Crippen LogP contribution in [0.4, 0.5) is 0 Å². The molecular weight excluding hydrogens is 250 g/mol. The molecule has 0 radical (unpaired) electrons. The predicted octanol–water partition coefficient (Wildman–Crippen LogP) is 2.16. The number of hydrogen-bond donors (Lipinski definition) is 2. The van der Waals surface area contributed by atoms with E-state index in [1.54, 1.807) is 0 Å². The third-order valence-corrected chi connectivity index (χ3v) is 3.06. The maximum atomic E-state index is 3.89. The van der Waals surface area contributed by atoms with Crippen LogP contribution in [0.1, 0.15) is 11.4 Å². The standard InChI is InChI=1S/C15H15N5/c1-2-4-13(5-3-1)14-8-6-12(7-9-14)10-16-11-15-17-19-20-18-15/h1-9,16H,10-11H2,(H,17,18,19,20). The summed E-state index contributed by atoms with van der Waals surface area (Å²) in [5.74, 6) is 0.672. The molecular formula is C15H15N5. The number of H-pyrrole nitrogens is 1. The SMILES string of the molecule is c1ccc(-c2ccc(CNCc3nn[nH]n3)cc2)cc1. The van der Waals surface area contributed by atoms with E-state index in [0.29, 0.717) is 12.4 Å². The highest BCUT2D eigenvalue weighted by Gasteiger charge is 1.99. The van der Waals surface area contributed by atoms with Crippen molar-refractivity contribution in [2.45, 2.75) is 13.1 Å². The molecule has 0 bridgehead atoms. The minimum Gasteiger partial charge on any atom is -0.306 e. The van der Waals surface area contributed by atoms with Gasteiger partial charge in [-0.25, -0.2) is 0 Å². The Morgan fingerprint density at radius 2 is 1.60 bits per heavy atom. The monoisotopic (exact) mass is 265 g/mol. The second-order valence-electron chi connectivity index (χ2n) is 4.49. The van der Waals surface area contributed by atoms with Crippen molar-refractivity contribution in [2.75, 3.05) is 0 Å². The molecule has 1 heterocycles. The molecule has 0 unspecified atom stereocenters. The quantitative estimate of drug-likeness (QED) is 0.742. The van der Waals surface area contributed by atoms with Gasteiger partial charge in [0.15, 0.2) is 5.82 Å². The van der Waals surface area contributed by atoms with Crippen LogP contribution in [0.2, 0.25) is 0 Å². The summed E-state index contributed by atoms with van der Waals surface area (Å²) < 4.78 is 0.